The van der Waals surface area contributed by atoms with Crippen LogP contribution in [0.25, 0.3) is 0 Å². The molecule has 2 aliphatic heterocycles. The van der Waals surface area contributed by atoms with Crippen molar-refractivity contribution in [2.24, 2.45) is 0 Å². The van der Waals surface area contributed by atoms with Crippen LogP contribution in [0, 0.1) is 0 Å². The summed E-state index contributed by atoms with van der Waals surface area (Å²) < 4.78 is 5.51. The summed E-state index contributed by atoms with van der Waals surface area (Å²) in [6, 6.07) is 0.902. The van der Waals surface area contributed by atoms with E-state index >= 15 is 0 Å². The first kappa shape index (κ1) is 13.8. The minimum absolute atomic E-state index is 0.0300. The number of hydrogen-bond donors (Lipinski definition) is 1. The monoisotopic (exact) mass is 254 g/mol. The molecule has 2 rings (SSSR count). The van der Waals surface area contributed by atoms with E-state index in [1.165, 1.54) is 25.8 Å². The van der Waals surface area contributed by atoms with Crippen molar-refractivity contribution < 1.29 is 9.53 Å². The summed E-state index contributed by atoms with van der Waals surface area (Å²) >= 11 is 0. The molecule has 18 heavy (non-hydrogen) atoms. The van der Waals surface area contributed by atoms with Crippen molar-refractivity contribution in [2.75, 3.05) is 19.7 Å². The molecule has 0 aromatic carbocycles. The van der Waals surface area contributed by atoms with E-state index in [1.54, 1.807) is 0 Å². The van der Waals surface area contributed by atoms with Gasteiger partial charge in [0.15, 0.2) is 0 Å². The standard InChI is InChI=1S/C14H26N2O2/c1-14(2,3)18-10-13(17)15-11-7-9-16-8-5-4-6-12(11)16/h11-12H,4-10H2,1-3H3,(H,15,17). The second-order valence-corrected chi connectivity index (χ2v) is 6.46. The first-order valence-electron chi connectivity index (χ1n) is 7.13. The van der Waals surface area contributed by atoms with Gasteiger partial charge in [0, 0.05) is 18.6 Å². The molecule has 2 atom stereocenters. The Balaban J connectivity index is 1.77. The molecule has 0 aromatic heterocycles. The van der Waals surface area contributed by atoms with E-state index in [2.05, 4.69) is 10.2 Å². The molecular weight excluding hydrogens is 228 g/mol. The Kier molecular flexibility index (Phi) is 4.28. The van der Waals surface area contributed by atoms with Gasteiger partial charge >= 0.3 is 0 Å². The molecule has 4 nitrogen and oxygen atoms in total. The third-order valence-corrected chi connectivity index (χ3v) is 3.84. The third kappa shape index (κ3) is 3.69. The predicted molar refractivity (Wildman–Crippen MR) is 71.5 cm³/mol. The maximum Gasteiger partial charge on any atom is 0.246 e. The van der Waals surface area contributed by atoms with Crippen molar-refractivity contribution in [1.82, 2.24) is 10.2 Å². The Morgan fingerprint density at radius 3 is 2.78 bits per heavy atom. The highest BCUT2D eigenvalue weighted by Crippen LogP contribution is 2.27. The van der Waals surface area contributed by atoms with Crippen molar-refractivity contribution in [2.45, 2.75) is 64.1 Å². The molecule has 0 saturated carbocycles. The molecule has 0 aromatic rings. The first-order chi connectivity index (χ1) is 8.46. The van der Waals surface area contributed by atoms with Crippen LogP contribution in [-0.2, 0) is 9.53 Å². The highest BCUT2D eigenvalue weighted by molar-refractivity contribution is 5.77. The number of fused-ring (bicyclic) bond motifs is 1. The van der Waals surface area contributed by atoms with Crippen LogP contribution in [0.1, 0.15) is 46.5 Å². The molecule has 4 heteroatoms. The normalized spacial score (nSPS) is 29.1. The smallest absolute Gasteiger partial charge is 0.246 e. The van der Waals surface area contributed by atoms with Gasteiger partial charge in [0.1, 0.15) is 6.61 Å². The van der Waals surface area contributed by atoms with E-state index in [-0.39, 0.29) is 18.1 Å². The fourth-order valence-electron chi connectivity index (χ4n) is 2.95. The summed E-state index contributed by atoms with van der Waals surface area (Å²) in [6.07, 6.45) is 4.92. The lowest BCUT2D eigenvalue weighted by molar-refractivity contribution is -0.131. The van der Waals surface area contributed by atoms with E-state index in [0.717, 1.165) is 13.0 Å². The van der Waals surface area contributed by atoms with Gasteiger partial charge < -0.3 is 10.1 Å². The zero-order valence-electron chi connectivity index (χ0n) is 11.9. The molecule has 2 saturated heterocycles. The van der Waals surface area contributed by atoms with E-state index < -0.39 is 0 Å². The fourth-order valence-corrected chi connectivity index (χ4v) is 2.95. The Morgan fingerprint density at radius 1 is 1.28 bits per heavy atom. The van der Waals surface area contributed by atoms with Crippen LogP contribution in [-0.4, -0.2) is 48.2 Å². The van der Waals surface area contributed by atoms with Crippen LogP contribution in [0.3, 0.4) is 0 Å². The number of nitrogens with one attached hydrogen (secondary N) is 1. The van der Waals surface area contributed by atoms with Crippen molar-refractivity contribution >= 4 is 5.91 Å². The molecule has 1 N–H and O–H groups in total. The highest BCUT2D eigenvalue weighted by atomic mass is 16.5. The molecule has 2 unspecified atom stereocenters. The molecule has 2 heterocycles. The van der Waals surface area contributed by atoms with Gasteiger partial charge in [-0.2, -0.15) is 0 Å². The second kappa shape index (κ2) is 5.57. The first-order valence-corrected chi connectivity index (χ1v) is 7.13. The van der Waals surface area contributed by atoms with Crippen molar-refractivity contribution in [3.63, 3.8) is 0 Å². The molecule has 0 spiro atoms. The molecular formula is C14H26N2O2. The van der Waals surface area contributed by atoms with E-state index in [4.69, 9.17) is 4.74 Å². The molecule has 1 amide bonds. The molecule has 0 bridgehead atoms. The minimum Gasteiger partial charge on any atom is -0.366 e. The summed E-state index contributed by atoms with van der Waals surface area (Å²) in [5, 5.41) is 3.15. The Labute approximate surface area is 110 Å². The summed E-state index contributed by atoms with van der Waals surface area (Å²) in [5.41, 5.74) is -0.246. The lowest BCUT2D eigenvalue weighted by Crippen LogP contribution is -2.48. The number of carbonyl (C=O) groups excluding carboxylic acids is 1. The maximum absolute atomic E-state index is 11.9. The third-order valence-electron chi connectivity index (χ3n) is 3.84. The number of rotatable bonds is 3. The van der Waals surface area contributed by atoms with Crippen LogP contribution in [0.5, 0.6) is 0 Å². The predicted octanol–water partition coefficient (Wildman–Crippen LogP) is 1.54. The zero-order chi connectivity index (χ0) is 13.2. The average molecular weight is 254 g/mol. The van der Waals surface area contributed by atoms with Crippen LogP contribution >= 0.6 is 0 Å². The van der Waals surface area contributed by atoms with Crippen LogP contribution in [0.4, 0.5) is 0 Å². The summed E-state index contributed by atoms with van der Waals surface area (Å²) in [4.78, 5) is 14.4. The van der Waals surface area contributed by atoms with E-state index in [0.29, 0.717) is 12.1 Å². The van der Waals surface area contributed by atoms with Gasteiger partial charge in [-0.25, -0.2) is 0 Å². The second-order valence-electron chi connectivity index (χ2n) is 6.46. The molecule has 0 aliphatic carbocycles. The molecule has 0 radical (unpaired) electrons. The van der Waals surface area contributed by atoms with Crippen molar-refractivity contribution in [3.8, 4) is 0 Å². The van der Waals surface area contributed by atoms with Gasteiger partial charge in [0.05, 0.1) is 5.60 Å². The van der Waals surface area contributed by atoms with Crippen molar-refractivity contribution in [1.29, 1.82) is 0 Å². The lowest BCUT2D eigenvalue weighted by Gasteiger charge is -2.32. The number of piperidine rings is 1. The summed E-state index contributed by atoms with van der Waals surface area (Å²) in [6.45, 7) is 8.42. The van der Waals surface area contributed by atoms with Crippen LogP contribution in [0.2, 0.25) is 0 Å². The average Bonchev–Trinajstić information content (AvgIpc) is 2.70. The minimum atomic E-state index is -0.246. The van der Waals surface area contributed by atoms with Gasteiger partial charge in [-0.05, 0) is 46.6 Å². The van der Waals surface area contributed by atoms with Crippen LogP contribution in [0.15, 0.2) is 0 Å². The topological polar surface area (TPSA) is 41.6 Å². The molecule has 2 aliphatic rings. The quantitative estimate of drug-likeness (QED) is 0.831. The number of ether oxygens (including phenoxy) is 1. The van der Waals surface area contributed by atoms with Gasteiger partial charge in [-0.1, -0.05) is 6.42 Å². The van der Waals surface area contributed by atoms with E-state index in [1.807, 2.05) is 20.8 Å². The molecule has 2 fully saturated rings. The maximum atomic E-state index is 11.9. The number of hydrogen-bond acceptors (Lipinski definition) is 3. The van der Waals surface area contributed by atoms with Gasteiger partial charge in [-0.15, -0.1) is 0 Å². The number of carbonyl (C=O) groups is 1. The van der Waals surface area contributed by atoms with E-state index in [9.17, 15) is 4.79 Å². The van der Waals surface area contributed by atoms with Crippen LogP contribution < -0.4 is 5.32 Å². The van der Waals surface area contributed by atoms with Gasteiger partial charge in [-0.3, -0.25) is 9.69 Å². The van der Waals surface area contributed by atoms with Gasteiger partial charge in [0.25, 0.3) is 0 Å². The summed E-state index contributed by atoms with van der Waals surface area (Å²) in [5.74, 6) is 0.0300. The Morgan fingerprint density at radius 2 is 2.06 bits per heavy atom. The Bertz CT molecular complexity index is 299. The van der Waals surface area contributed by atoms with Gasteiger partial charge in [0.2, 0.25) is 5.91 Å². The summed E-state index contributed by atoms with van der Waals surface area (Å²) in [7, 11) is 0. The number of amides is 1. The lowest BCUT2D eigenvalue weighted by atomic mass is 9.99. The highest BCUT2D eigenvalue weighted by Gasteiger charge is 2.36. The largest absolute Gasteiger partial charge is 0.366 e. The van der Waals surface area contributed by atoms with Crippen molar-refractivity contribution in [3.05, 3.63) is 0 Å². The number of nitrogens with zero attached hydrogens (tertiary/aromatic N) is 1. The molecule has 104 valence electrons. The fraction of sp³-hybridized carbons (Fsp3) is 0.929. The Hall–Kier alpha value is -0.610. The zero-order valence-corrected chi connectivity index (χ0v) is 11.9. The SMILES string of the molecule is CC(C)(C)OCC(=O)NC1CCN2CCCCC12.